The fourth-order valence-electron chi connectivity index (χ4n) is 2.81. The number of fused-ring (bicyclic) bond motifs is 1. The number of benzene rings is 1. The smallest absolute Gasteiger partial charge is 0.123 e. The zero-order valence-corrected chi connectivity index (χ0v) is 12.3. The lowest BCUT2D eigenvalue weighted by Gasteiger charge is -2.31. The van der Waals surface area contributed by atoms with E-state index in [1.54, 1.807) is 12.1 Å². The van der Waals surface area contributed by atoms with Gasteiger partial charge < -0.3 is 10.1 Å². The summed E-state index contributed by atoms with van der Waals surface area (Å²) in [5.74, 6) is 0.675. The van der Waals surface area contributed by atoms with Crippen LogP contribution in [-0.2, 0) is 6.42 Å². The van der Waals surface area contributed by atoms with Gasteiger partial charge in [0.1, 0.15) is 17.7 Å². The van der Waals surface area contributed by atoms with Gasteiger partial charge in [-0.2, -0.15) is 0 Å². The fraction of sp³-hybridized carbons (Fsp3) is 0.625. The molecule has 0 aromatic heterocycles. The molecule has 0 aliphatic carbocycles. The van der Waals surface area contributed by atoms with Crippen LogP contribution in [0.3, 0.4) is 0 Å². The molecule has 0 bridgehead atoms. The Morgan fingerprint density at radius 2 is 2.16 bits per heavy atom. The monoisotopic (exact) mass is 265 g/mol. The first-order chi connectivity index (χ1) is 8.90. The van der Waals surface area contributed by atoms with Crippen molar-refractivity contribution in [2.45, 2.75) is 52.2 Å². The molecule has 2 atom stereocenters. The Hall–Kier alpha value is -1.09. The second-order valence-electron chi connectivity index (χ2n) is 6.48. The summed E-state index contributed by atoms with van der Waals surface area (Å²) >= 11 is 0. The summed E-state index contributed by atoms with van der Waals surface area (Å²) in [5, 5.41) is 3.38. The quantitative estimate of drug-likeness (QED) is 0.899. The highest BCUT2D eigenvalue weighted by Crippen LogP contribution is 2.32. The van der Waals surface area contributed by atoms with Gasteiger partial charge in [0.25, 0.3) is 0 Å². The van der Waals surface area contributed by atoms with Crippen molar-refractivity contribution < 1.29 is 9.13 Å². The zero-order valence-electron chi connectivity index (χ0n) is 12.3. The summed E-state index contributed by atoms with van der Waals surface area (Å²) in [6.07, 6.45) is 3.09. The predicted octanol–water partition coefficient (Wildman–Crippen LogP) is 3.54. The molecule has 0 amide bonds. The molecule has 1 heterocycles. The highest BCUT2D eigenvalue weighted by atomic mass is 19.1. The van der Waals surface area contributed by atoms with Crippen molar-refractivity contribution in [1.82, 2.24) is 5.32 Å². The number of nitrogens with one attached hydrogen (secondary N) is 1. The molecular formula is C16H24FNO. The van der Waals surface area contributed by atoms with E-state index in [1.165, 1.54) is 6.07 Å². The summed E-state index contributed by atoms with van der Waals surface area (Å²) in [7, 11) is 2.01. The predicted molar refractivity (Wildman–Crippen MR) is 76.1 cm³/mol. The van der Waals surface area contributed by atoms with Crippen LogP contribution in [0.25, 0.3) is 0 Å². The molecule has 1 aliphatic rings. The van der Waals surface area contributed by atoms with Crippen molar-refractivity contribution in [2.75, 3.05) is 7.05 Å². The Labute approximate surface area is 115 Å². The second-order valence-corrected chi connectivity index (χ2v) is 6.48. The normalized spacial score (nSPS) is 19.9. The zero-order chi connectivity index (χ0) is 14.0. The van der Waals surface area contributed by atoms with Crippen molar-refractivity contribution in [3.05, 3.63) is 29.6 Å². The van der Waals surface area contributed by atoms with Crippen molar-refractivity contribution >= 4 is 0 Å². The Kier molecular flexibility index (Phi) is 4.14. The standard InChI is InChI=1S/C16H24FNO/c1-16(2,3)15(18-4)8-6-13-10-11-9-12(17)5-7-14(11)19-13/h5,7,9,13,15,18H,6,8,10H2,1-4H3. The van der Waals surface area contributed by atoms with Crippen LogP contribution < -0.4 is 10.1 Å². The fourth-order valence-corrected chi connectivity index (χ4v) is 2.81. The van der Waals surface area contributed by atoms with E-state index in [0.717, 1.165) is 30.6 Å². The molecule has 1 aliphatic heterocycles. The van der Waals surface area contributed by atoms with E-state index in [2.05, 4.69) is 26.1 Å². The molecule has 3 heteroatoms. The summed E-state index contributed by atoms with van der Waals surface area (Å²) in [5.41, 5.74) is 1.24. The third-order valence-corrected chi connectivity index (χ3v) is 3.93. The Morgan fingerprint density at radius 3 is 2.79 bits per heavy atom. The van der Waals surface area contributed by atoms with Crippen LogP contribution in [0, 0.1) is 11.2 Å². The third kappa shape index (κ3) is 3.47. The van der Waals surface area contributed by atoms with Crippen LogP contribution in [0.2, 0.25) is 0 Å². The van der Waals surface area contributed by atoms with E-state index in [4.69, 9.17) is 4.74 Å². The van der Waals surface area contributed by atoms with E-state index in [-0.39, 0.29) is 17.3 Å². The number of rotatable bonds is 4. The molecule has 1 aromatic rings. The largest absolute Gasteiger partial charge is 0.490 e. The summed E-state index contributed by atoms with van der Waals surface area (Å²) in [4.78, 5) is 0. The van der Waals surface area contributed by atoms with Gasteiger partial charge in [0.15, 0.2) is 0 Å². The molecule has 0 fully saturated rings. The molecule has 2 nitrogen and oxygen atoms in total. The summed E-state index contributed by atoms with van der Waals surface area (Å²) < 4.78 is 19.0. The van der Waals surface area contributed by atoms with Crippen molar-refractivity contribution in [3.8, 4) is 5.75 Å². The number of halogens is 1. The Balaban J connectivity index is 1.90. The van der Waals surface area contributed by atoms with Crippen LogP contribution in [-0.4, -0.2) is 19.2 Å². The number of ether oxygens (including phenoxy) is 1. The van der Waals surface area contributed by atoms with Crippen molar-refractivity contribution in [1.29, 1.82) is 0 Å². The molecule has 0 saturated heterocycles. The first kappa shape index (κ1) is 14.3. The van der Waals surface area contributed by atoms with E-state index in [9.17, 15) is 4.39 Å². The topological polar surface area (TPSA) is 21.3 Å². The minimum atomic E-state index is -0.175. The molecule has 2 rings (SSSR count). The van der Waals surface area contributed by atoms with Crippen molar-refractivity contribution in [2.24, 2.45) is 5.41 Å². The summed E-state index contributed by atoms with van der Waals surface area (Å²) in [6, 6.07) is 5.27. The molecular weight excluding hydrogens is 241 g/mol. The van der Waals surface area contributed by atoms with Gasteiger partial charge in [0.2, 0.25) is 0 Å². The third-order valence-electron chi connectivity index (χ3n) is 3.93. The molecule has 0 radical (unpaired) electrons. The van der Waals surface area contributed by atoms with E-state index in [0.29, 0.717) is 6.04 Å². The van der Waals surface area contributed by atoms with E-state index < -0.39 is 0 Å². The van der Waals surface area contributed by atoms with Gasteiger partial charge in [-0.1, -0.05) is 20.8 Å². The number of hydrogen-bond donors (Lipinski definition) is 1. The molecule has 106 valence electrons. The lowest BCUT2D eigenvalue weighted by molar-refractivity contribution is 0.188. The summed E-state index contributed by atoms with van der Waals surface area (Å²) in [6.45, 7) is 6.73. The van der Waals surface area contributed by atoms with Gasteiger partial charge in [0.05, 0.1) is 0 Å². The van der Waals surface area contributed by atoms with Gasteiger partial charge in [-0.25, -0.2) is 4.39 Å². The van der Waals surface area contributed by atoms with Crippen LogP contribution in [0.4, 0.5) is 4.39 Å². The maximum atomic E-state index is 13.1. The highest BCUT2D eigenvalue weighted by Gasteiger charge is 2.27. The van der Waals surface area contributed by atoms with E-state index in [1.807, 2.05) is 7.05 Å². The maximum absolute atomic E-state index is 13.1. The average molecular weight is 265 g/mol. The first-order valence-electron chi connectivity index (χ1n) is 7.02. The Morgan fingerprint density at radius 1 is 1.42 bits per heavy atom. The maximum Gasteiger partial charge on any atom is 0.123 e. The highest BCUT2D eigenvalue weighted by molar-refractivity contribution is 5.37. The van der Waals surface area contributed by atoms with Gasteiger partial charge in [-0.05, 0) is 43.5 Å². The van der Waals surface area contributed by atoms with Crippen LogP contribution in [0.15, 0.2) is 18.2 Å². The van der Waals surface area contributed by atoms with Gasteiger partial charge in [-0.15, -0.1) is 0 Å². The van der Waals surface area contributed by atoms with E-state index >= 15 is 0 Å². The van der Waals surface area contributed by atoms with Crippen LogP contribution in [0.1, 0.15) is 39.2 Å². The van der Waals surface area contributed by atoms with Gasteiger partial charge >= 0.3 is 0 Å². The average Bonchev–Trinajstić information content (AvgIpc) is 2.69. The minimum absolute atomic E-state index is 0.175. The van der Waals surface area contributed by atoms with Gasteiger partial charge in [-0.3, -0.25) is 0 Å². The lowest BCUT2D eigenvalue weighted by atomic mass is 9.83. The van der Waals surface area contributed by atoms with Gasteiger partial charge in [0, 0.05) is 18.0 Å². The molecule has 1 N–H and O–H groups in total. The lowest BCUT2D eigenvalue weighted by Crippen LogP contribution is -2.38. The molecule has 0 spiro atoms. The molecule has 0 saturated carbocycles. The Bertz CT molecular complexity index is 439. The molecule has 2 unspecified atom stereocenters. The second kappa shape index (κ2) is 5.49. The first-order valence-corrected chi connectivity index (χ1v) is 7.02. The molecule has 19 heavy (non-hydrogen) atoms. The van der Waals surface area contributed by atoms with Crippen LogP contribution >= 0.6 is 0 Å². The number of hydrogen-bond acceptors (Lipinski definition) is 2. The SMILES string of the molecule is CNC(CCC1Cc2cc(F)ccc2O1)C(C)(C)C. The minimum Gasteiger partial charge on any atom is -0.490 e. The molecule has 1 aromatic carbocycles. The van der Waals surface area contributed by atoms with Crippen molar-refractivity contribution in [3.63, 3.8) is 0 Å². The van der Waals surface area contributed by atoms with Crippen LogP contribution in [0.5, 0.6) is 5.75 Å².